The third-order valence-electron chi connectivity index (χ3n) is 4.75. The van der Waals surface area contributed by atoms with Crippen molar-refractivity contribution in [3.63, 3.8) is 0 Å². The maximum absolute atomic E-state index is 13.0. The Morgan fingerprint density at radius 3 is 2.40 bits per heavy atom. The maximum Gasteiger partial charge on any atom is 0.348 e. The zero-order valence-electron chi connectivity index (χ0n) is 19.5. The van der Waals surface area contributed by atoms with Crippen molar-refractivity contribution in [3.05, 3.63) is 74.7 Å². The Morgan fingerprint density at radius 1 is 1.06 bits per heavy atom. The fourth-order valence-corrected chi connectivity index (χ4v) is 5.17. The third-order valence-corrected chi connectivity index (χ3v) is 6.95. The lowest BCUT2D eigenvalue weighted by Crippen LogP contribution is -2.12. The summed E-state index contributed by atoms with van der Waals surface area (Å²) in [5, 5.41) is 10.2. The number of ketones is 1. The van der Waals surface area contributed by atoms with Crippen LogP contribution in [0.25, 0.3) is 6.08 Å². The molecule has 0 N–H and O–H groups in total. The molecule has 3 rings (SSSR count). The SMILES string of the molecule is CCOC(=O)c1sc(CC(=O)/C(C#N)=C/c2ccc(Sc3ccccc3)o2)c(C(=O)OCC)c1C. The summed E-state index contributed by atoms with van der Waals surface area (Å²) in [5.41, 5.74) is 0.421. The van der Waals surface area contributed by atoms with Gasteiger partial charge in [0.2, 0.25) is 0 Å². The van der Waals surface area contributed by atoms with Crippen molar-refractivity contribution < 1.29 is 28.3 Å². The molecule has 0 aliphatic carbocycles. The molecule has 9 heteroatoms. The molecule has 0 saturated carbocycles. The van der Waals surface area contributed by atoms with Gasteiger partial charge in [-0.15, -0.1) is 11.3 Å². The van der Waals surface area contributed by atoms with Crippen molar-refractivity contribution in [3.8, 4) is 6.07 Å². The predicted octanol–water partition coefficient (Wildman–Crippen LogP) is 5.87. The van der Waals surface area contributed by atoms with Crippen LogP contribution in [0, 0.1) is 18.3 Å². The van der Waals surface area contributed by atoms with Gasteiger partial charge < -0.3 is 13.9 Å². The van der Waals surface area contributed by atoms with Crippen LogP contribution >= 0.6 is 23.1 Å². The summed E-state index contributed by atoms with van der Waals surface area (Å²) >= 11 is 2.41. The number of thiophene rings is 1. The van der Waals surface area contributed by atoms with Crippen LogP contribution in [0.15, 0.2) is 62.4 Å². The van der Waals surface area contributed by atoms with Gasteiger partial charge in [0.25, 0.3) is 0 Å². The zero-order chi connectivity index (χ0) is 25.4. The monoisotopic (exact) mass is 509 g/mol. The minimum atomic E-state index is -0.629. The van der Waals surface area contributed by atoms with Gasteiger partial charge in [0.15, 0.2) is 10.9 Å². The molecule has 3 aromatic rings. The van der Waals surface area contributed by atoms with Crippen LogP contribution in [-0.2, 0) is 20.7 Å². The molecular weight excluding hydrogens is 486 g/mol. The third kappa shape index (κ3) is 6.50. The van der Waals surface area contributed by atoms with Gasteiger partial charge in [0, 0.05) is 22.3 Å². The highest BCUT2D eigenvalue weighted by Crippen LogP contribution is 2.32. The van der Waals surface area contributed by atoms with E-state index >= 15 is 0 Å². The van der Waals surface area contributed by atoms with E-state index in [-0.39, 0.29) is 35.6 Å². The largest absolute Gasteiger partial charge is 0.462 e. The molecule has 180 valence electrons. The molecular formula is C26H23NO6S2. The van der Waals surface area contributed by atoms with Gasteiger partial charge in [-0.25, -0.2) is 9.59 Å². The van der Waals surface area contributed by atoms with Crippen molar-refractivity contribution in [1.82, 2.24) is 0 Å². The Hall–Kier alpha value is -3.61. The van der Waals surface area contributed by atoms with Gasteiger partial charge in [-0.2, -0.15) is 5.26 Å². The number of rotatable bonds is 10. The maximum atomic E-state index is 13.0. The number of ether oxygens (including phenoxy) is 2. The number of hydrogen-bond acceptors (Lipinski definition) is 9. The first kappa shape index (κ1) is 26.0. The summed E-state index contributed by atoms with van der Waals surface area (Å²) in [7, 11) is 0. The number of carbonyl (C=O) groups excluding carboxylic acids is 3. The molecule has 0 amide bonds. The number of furan rings is 1. The Labute approximate surface area is 211 Å². The fourth-order valence-electron chi connectivity index (χ4n) is 3.19. The number of carbonyl (C=O) groups is 3. The van der Waals surface area contributed by atoms with Crippen LogP contribution in [0.1, 0.15) is 50.1 Å². The Kier molecular flexibility index (Phi) is 9.06. The highest BCUT2D eigenvalue weighted by atomic mass is 32.2. The number of hydrogen-bond donors (Lipinski definition) is 0. The van der Waals surface area contributed by atoms with Gasteiger partial charge in [0.05, 0.1) is 24.4 Å². The van der Waals surface area contributed by atoms with Gasteiger partial charge >= 0.3 is 11.9 Å². The highest BCUT2D eigenvalue weighted by Gasteiger charge is 2.28. The van der Waals surface area contributed by atoms with Crippen LogP contribution in [0.4, 0.5) is 0 Å². The highest BCUT2D eigenvalue weighted by molar-refractivity contribution is 7.99. The molecule has 1 aromatic carbocycles. The van der Waals surface area contributed by atoms with E-state index in [1.54, 1.807) is 32.9 Å². The van der Waals surface area contributed by atoms with E-state index in [4.69, 9.17) is 13.9 Å². The zero-order valence-corrected chi connectivity index (χ0v) is 21.1. The van der Waals surface area contributed by atoms with Crippen LogP contribution < -0.4 is 0 Å². The summed E-state index contributed by atoms with van der Waals surface area (Å²) < 4.78 is 15.9. The lowest BCUT2D eigenvalue weighted by Gasteiger charge is -2.05. The van der Waals surface area contributed by atoms with E-state index in [0.717, 1.165) is 16.2 Å². The van der Waals surface area contributed by atoms with E-state index in [2.05, 4.69) is 0 Å². The number of benzene rings is 1. The molecule has 0 aliphatic rings. The molecule has 0 radical (unpaired) electrons. The van der Waals surface area contributed by atoms with Crippen molar-refractivity contribution in [2.24, 2.45) is 0 Å². The van der Waals surface area contributed by atoms with Crippen LogP contribution in [0.3, 0.4) is 0 Å². The Morgan fingerprint density at radius 2 is 1.74 bits per heavy atom. The molecule has 0 unspecified atom stereocenters. The van der Waals surface area contributed by atoms with Gasteiger partial charge in [-0.3, -0.25) is 4.79 Å². The lowest BCUT2D eigenvalue weighted by molar-refractivity contribution is -0.114. The van der Waals surface area contributed by atoms with Crippen LogP contribution in [0.5, 0.6) is 0 Å². The van der Waals surface area contributed by atoms with Crippen LogP contribution in [0.2, 0.25) is 0 Å². The molecule has 0 aliphatic heterocycles. The fraction of sp³-hybridized carbons (Fsp3) is 0.231. The van der Waals surface area contributed by atoms with E-state index in [1.807, 2.05) is 36.4 Å². The second kappa shape index (κ2) is 12.2. The number of allylic oxidation sites excluding steroid dienone is 1. The molecule has 0 atom stereocenters. The normalized spacial score (nSPS) is 11.1. The lowest BCUT2D eigenvalue weighted by atomic mass is 10.0. The van der Waals surface area contributed by atoms with Gasteiger partial charge in [-0.1, -0.05) is 30.0 Å². The number of nitrogens with zero attached hydrogens (tertiary/aromatic N) is 1. The molecule has 0 fully saturated rings. The topological polar surface area (TPSA) is 107 Å². The van der Waals surface area contributed by atoms with Crippen molar-refractivity contribution in [1.29, 1.82) is 5.26 Å². The first-order chi connectivity index (χ1) is 16.9. The Bertz CT molecular complexity index is 1300. The predicted molar refractivity (Wildman–Crippen MR) is 133 cm³/mol. The van der Waals surface area contributed by atoms with Crippen LogP contribution in [-0.4, -0.2) is 30.9 Å². The molecule has 2 aromatic heterocycles. The van der Waals surface area contributed by atoms with E-state index < -0.39 is 17.7 Å². The summed E-state index contributed by atoms with van der Waals surface area (Å²) in [6.07, 6.45) is 1.12. The summed E-state index contributed by atoms with van der Waals surface area (Å²) in [6, 6.07) is 15.0. The van der Waals surface area contributed by atoms with Crippen molar-refractivity contribution in [2.75, 3.05) is 13.2 Å². The molecule has 35 heavy (non-hydrogen) atoms. The minimum absolute atomic E-state index is 0.130. The second-order valence-electron chi connectivity index (χ2n) is 7.14. The first-order valence-electron chi connectivity index (χ1n) is 10.8. The minimum Gasteiger partial charge on any atom is -0.462 e. The molecule has 7 nitrogen and oxygen atoms in total. The number of esters is 2. The van der Waals surface area contributed by atoms with E-state index in [1.165, 1.54) is 17.8 Å². The summed E-state index contributed by atoms with van der Waals surface area (Å²) in [4.78, 5) is 39.5. The average Bonchev–Trinajstić information content (AvgIpc) is 3.41. The first-order valence-corrected chi connectivity index (χ1v) is 12.4. The molecule has 0 saturated heterocycles. The van der Waals surface area contributed by atoms with Crippen molar-refractivity contribution in [2.45, 2.75) is 37.2 Å². The number of nitriles is 1. The van der Waals surface area contributed by atoms with Gasteiger partial charge in [-0.05, 0) is 50.6 Å². The van der Waals surface area contributed by atoms with Crippen molar-refractivity contribution >= 4 is 46.9 Å². The molecule has 0 bridgehead atoms. The van der Waals surface area contributed by atoms with E-state index in [9.17, 15) is 19.6 Å². The number of Topliss-reactive ketones (excluding diaryl/α,β-unsaturated/α-hetero) is 1. The quantitative estimate of drug-likeness (QED) is 0.190. The average molecular weight is 510 g/mol. The second-order valence-corrected chi connectivity index (χ2v) is 9.32. The molecule has 2 heterocycles. The smallest absolute Gasteiger partial charge is 0.348 e. The Balaban J connectivity index is 1.85. The van der Waals surface area contributed by atoms with E-state index in [0.29, 0.717) is 21.3 Å². The van der Waals surface area contributed by atoms with Gasteiger partial charge in [0.1, 0.15) is 16.7 Å². The standard InChI is InChI=1S/C26H23NO6S2/c1-4-31-25(29)23-16(3)24(26(30)32-5-2)35-21(23)14-20(28)17(15-27)13-18-11-12-22(33-18)34-19-9-7-6-8-10-19/h6-13H,4-5,14H2,1-3H3/b17-13+. The summed E-state index contributed by atoms with van der Waals surface area (Å²) in [6.45, 7) is 5.27. The molecule has 0 spiro atoms. The summed E-state index contributed by atoms with van der Waals surface area (Å²) in [5.74, 6) is -1.36.